The van der Waals surface area contributed by atoms with Crippen LogP contribution in [0.2, 0.25) is 5.02 Å². The molecule has 0 aliphatic carbocycles. The van der Waals surface area contributed by atoms with Crippen LogP contribution in [0, 0.1) is 0 Å². The Kier molecular flexibility index (Phi) is 3.65. The summed E-state index contributed by atoms with van der Waals surface area (Å²) < 4.78 is 32.6. The summed E-state index contributed by atoms with van der Waals surface area (Å²) in [4.78, 5) is 0. The van der Waals surface area contributed by atoms with Gasteiger partial charge in [-0.15, -0.1) is 0 Å². The fourth-order valence-electron chi connectivity index (χ4n) is 1.74. The zero-order chi connectivity index (χ0) is 13.4. The zero-order valence-electron chi connectivity index (χ0n) is 9.76. The lowest BCUT2D eigenvalue weighted by Crippen LogP contribution is -2.43. The first-order chi connectivity index (χ1) is 8.34. The van der Waals surface area contributed by atoms with Crippen LogP contribution in [0.4, 0.5) is 0 Å². The molecule has 1 atom stereocenters. The average Bonchev–Trinajstić information content (AvgIpc) is 2.85. The van der Waals surface area contributed by atoms with Crippen LogP contribution >= 0.6 is 11.6 Å². The largest absolute Gasteiger partial charge is 0.386 e. The number of hydrogen-bond acceptors (Lipinski definition) is 5. The molecular weight excluding hydrogens is 282 g/mol. The first-order valence-electron chi connectivity index (χ1n) is 5.31. The van der Waals surface area contributed by atoms with Crippen LogP contribution in [0.25, 0.3) is 0 Å². The smallest absolute Gasteiger partial charge is 0.259 e. The molecule has 1 unspecified atom stereocenters. The molecule has 0 bridgehead atoms. The molecule has 0 spiro atoms. The van der Waals surface area contributed by atoms with Crippen molar-refractivity contribution in [1.82, 2.24) is 14.5 Å². The lowest BCUT2D eigenvalue weighted by molar-refractivity contribution is 0.0314. The van der Waals surface area contributed by atoms with E-state index in [0.29, 0.717) is 13.0 Å². The van der Waals surface area contributed by atoms with Gasteiger partial charge >= 0.3 is 0 Å². The van der Waals surface area contributed by atoms with E-state index in [4.69, 9.17) is 16.3 Å². The highest BCUT2D eigenvalue weighted by Crippen LogP contribution is 2.21. The molecule has 1 saturated heterocycles. The minimum atomic E-state index is -3.80. The average molecular weight is 296 g/mol. The number of sulfonamides is 1. The Morgan fingerprint density at radius 1 is 1.72 bits per heavy atom. The van der Waals surface area contributed by atoms with E-state index in [0.717, 1.165) is 0 Å². The highest BCUT2D eigenvalue weighted by Gasteiger charge is 2.34. The van der Waals surface area contributed by atoms with Crippen LogP contribution in [0.5, 0.6) is 0 Å². The van der Waals surface area contributed by atoms with Gasteiger partial charge < -0.3 is 9.84 Å². The van der Waals surface area contributed by atoms with Crippen molar-refractivity contribution >= 4 is 21.6 Å². The molecule has 9 heteroatoms. The molecule has 1 fully saturated rings. The first kappa shape index (κ1) is 13.8. The van der Waals surface area contributed by atoms with Gasteiger partial charge in [0, 0.05) is 26.6 Å². The van der Waals surface area contributed by atoms with Crippen molar-refractivity contribution in [3.63, 3.8) is 0 Å². The maximum absolute atomic E-state index is 12.0. The second-order valence-corrected chi connectivity index (χ2v) is 6.36. The molecule has 2 heterocycles. The molecule has 0 saturated carbocycles. The van der Waals surface area contributed by atoms with E-state index >= 15 is 0 Å². The number of aromatic nitrogens is 2. The second-order valence-electron chi connectivity index (χ2n) is 4.27. The number of hydrogen-bond donors (Lipinski definition) is 2. The number of ether oxygens (including phenoxy) is 1. The van der Waals surface area contributed by atoms with Gasteiger partial charge in [-0.3, -0.25) is 4.68 Å². The Morgan fingerprint density at radius 2 is 2.44 bits per heavy atom. The first-order valence-corrected chi connectivity index (χ1v) is 7.17. The van der Waals surface area contributed by atoms with Crippen molar-refractivity contribution in [2.24, 2.45) is 7.05 Å². The van der Waals surface area contributed by atoms with E-state index in [1.807, 2.05) is 0 Å². The van der Waals surface area contributed by atoms with Crippen LogP contribution < -0.4 is 4.72 Å². The normalized spacial score (nSPS) is 24.6. The molecule has 0 radical (unpaired) electrons. The molecule has 102 valence electrons. The van der Waals surface area contributed by atoms with Gasteiger partial charge in [0.2, 0.25) is 0 Å². The molecular formula is C9H14ClN3O4S. The van der Waals surface area contributed by atoms with Gasteiger partial charge in [-0.25, -0.2) is 13.1 Å². The molecule has 7 nitrogen and oxygen atoms in total. The van der Waals surface area contributed by atoms with E-state index in [9.17, 15) is 13.5 Å². The lowest BCUT2D eigenvalue weighted by atomic mass is 10.1. The third-order valence-corrected chi connectivity index (χ3v) is 4.68. The number of nitrogens with one attached hydrogen (secondary N) is 1. The van der Waals surface area contributed by atoms with Crippen molar-refractivity contribution in [2.45, 2.75) is 17.0 Å². The number of aliphatic hydroxyl groups is 1. The van der Waals surface area contributed by atoms with E-state index < -0.39 is 15.6 Å². The lowest BCUT2D eigenvalue weighted by Gasteiger charge is -2.20. The van der Waals surface area contributed by atoms with Gasteiger partial charge in [0.1, 0.15) is 5.60 Å². The van der Waals surface area contributed by atoms with Crippen LogP contribution in [0.3, 0.4) is 0 Å². The van der Waals surface area contributed by atoms with Crippen molar-refractivity contribution in [3.8, 4) is 0 Å². The van der Waals surface area contributed by atoms with Crippen LogP contribution in [0.15, 0.2) is 11.2 Å². The number of halogens is 1. The zero-order valence-corrected chi connectivity index (χ0v) is 11.3. The Balaban J connectivity index is 2.13. The SMILES string of the molecule is Cn1ncc(Cl)c1S(=O)(=O)NCC1(O)CCOC1. The monoisotopic (exact) mass is 295 g/mol. The molecule has 18 heavy (non-hydrogen) atoms. The third kappa shape index (κ3) is 2.67. The summed E-state index contributed by atoms with van der Waals surface area (Å²) in [6, 6.07) is 0. The molecule has 1 aliphatic rings. The summed E-state index contributed by atoms with van der Waals surface area (Å²) in [6.07, 6.45) is 1.65. The third-order valence-electron chi connectivity index (χ3n) is 2.77. The Hall–Kier alpha value is -0.670. The van der Waals surface area contributed by atoms with Gasteiger partial charge in [0.05, 0.1) is 17.8 Å². The Labute approximate surface area is 110 Å². The molecule has 1 aromatic heterocycles. The Morgan fingerprint density at radius 3 is 2.94 bits per heavy atom. The molecule has 1 aromatic rings. The van der Waals surface area contributed by atoms with Gasteiger partial charge in [-0.2, -0.15) is 5.10 Å². The van der Waals surface area contributed by atoms with E-state index in [1.165, 1.54) is 17.9 Å². The minimum Gasteiger partial charge on any atom is -0.386 e. The molecule has 0 amide bonds. The second kappa shape index (κ2) is 4.78. The quantitative estimate of drug-likeness (QED) is 0.781. The van der Waals surface area contributed by atoms with Crippen LogP contribution in [0.1, 0.15) is 6.42 Å². The van der Waals surface area contributed by atoms with Crippen molar-refractivity contribution in [2.75, 3.05) is 19.8 Å². The highest BCUT2D eigenvalue weighted by molar-refractivity contribution is 7.89. The number of nitrogens with zero attached hydrogens (tertiary/aromatic N) is 2. The maximum atomic E-state index is 12.0. The van der Waals surface area contributed by atoms with Crippen LogP contribution in [-0.4, -0.2) is 48.7 Å². The van der Waals surface area contributed by atoms with Crippen molar-refractivity contribution < 1.29 is 18.3 Å². The van der Waals surface area contributed by atoms with Gasteiger partial charge in [-0.05, 0) is 0 Å². The van der Waals surface area contributed by atoms with Crippen molar-refractivity contribution in [3.05, 3.63) is 11.2 Å². The summed E-state index contributed by atoms with van der Waals surface area (Å²) in [6.45, 7) is 0.427. The van der Waals surface area contributed by atoms with Crippen molar-refractivity contribution in [1.29, 1.82) is 0 Å². The topological polar surface area (TPSA) is 93.5 Å². The molecule has 1 aliphatic heterocycles. The predicted molar refractivity (Wildman–Crippen MR) is 63.8 cm³/mol. The van der Waals surface area contributed by atoms with E-state index in [-0.39, 0.29) is 23.2 Å². The summed E-state index contributed by atoms with van der Waals surface area (Å²) in [7, 11) is -2.32. The van der Waals surface area contributed by atoms with Crippen LogP contribution in [-0.2, 0) is 21.8 Å². The molecule has 2 rings (SSSR count). The summed E-state index contributed by atoms with van der Waals surface area (Å²) >= 11 is 5.77. The summed E-state index contributed by atoms with van der Waals surface area (Å²) in [5, 5.41) is 13.7. The fraction of sp³-hybridized carbons (Fsp3) is 0.667. The standard InChI is InChI=1S/C9H14ClN3O4S/c1-13-8(7(10)4-11-13)18(15,16)12-5-9(14)2-3-17-6-9/h4,12,14H,2-3,5-6H2,1H3. The maximum Gasteiger partial charge on any atom is 0.259 e. The summed E-state index contributed by atoms with van der Waals surface area (Å²) in [5.41, 5.74) is -1.15. The van der Waals surface area contributed by atoms with Gasteiger partial charge in [0.25, 0.3) is 10.0 Å². The highest BCUT2D eigenvalue weighted by atomic mass is 35.5. The molecule has 2 N–H and O–H groups in total. The molecule has 0 aromatic carbocycles. The van der Waals surface area contributed by atoms with Gasteiger partial charge in [0.15, 0.2) is 5.03 Å². The fourth-order valence-corrected chi connectivity index (χ4v) is 3.51. The predicted octanol–water partition coefficient (Wildman–Crippen LogP) is -0.497. The Bertz CT molecular complexity index is 517. The number of aryl methyl sites for hydroxylation is 1. The van der Waals surface area contributed by atoms with Gasteiger partial charge in [-0.1, -0.05) is 11.6 Å². The van der Waals surface area contributed by atoms with E-state index in [1.54, 1.807) is 0 Å². The minimum absolute atomic E-state index is 0.0414. The summed E-state index contributed by atoms with van der Waals surface area (Å²) in [5.74, 6) is 0. The number of rotatable bonds is 4. The van der Waals surface area contributed by atoms with E-state index in [2.05, 4.69) is 9.82 Å².